The van der Waals surface area contributed by atoms with Crippen LogP contribution in [0.5, 0.6) is 0 Å². The summed E-state index contributed by atoms with van der Waals surface area (Å²) < 4.78 is 20.3. The minimum atomic E-state index is -0.398. The number of rotatable bonds is 3. The van der Waals surface area contributed by atoms with Gasteiger partial charge in [-0.2, -0.15) is 0 Å². The van der Waals surface area contributed by atoms with Gasteiger partial charge in [0.1, 0.15) is 23.9 Å². The van der Waals surface area contributed by atoms with E-state index in [0.29, 0.717) is 28.4 Å². The van der Waals surface area contributed by atoms with E-state index < -0.39 is 5.83 Å². The summed E-state index contributed by atoms with van der Waals surface area (Å²) in [6.45, 7) is 4.97. The first-order valence-corrected chi connectivity index (χ1v) is 6.95. The summed E-state index contributed by atoms with van der Waals surface area (Å²) in [5.41, 5.74) is 2.14. The van der Waals surface area contributed by atoms with E-state index in [4.69, 9.17) is 4.74 Å². The first-order chi connectivity index (χ1) is 11.1. The maximum Gasteiger partial charge on any atom is 0.255 e. The molecule has 6 heteroatoms. The van der Waals surface area contributed by atoms with Gasteiger partial charge in [-0.1, -0.05) is 0 Å². The summed E-state index contributed by atoms with van der Waals surface area (Å²) in [7, 11) is 0. The Morgan fingerprint density at radius 1 is 1.48 bits per heavy atom. The average Bonchev–Trinajstić information content (AvgIpc) is 2.55. The van der Waals surface area contributed by atoms with Crippen molar-refractivity contribution in [1.82, 2.24) is 9.55 Å². The number of aromatic nitrogens is 2. The Balaban J connectivity index is 2.27. The Labute approximate surface area is 132 Å². The van der Waals surface area contributed by atoms with Crippen molar-refractivity contribution in [3.8, 4) is 5.69 Å². The molecule has 3 heterocycles. The van der Waals surface area contributed by atoms with E-state index in [-0.39, 0.29) is 12.2 Å². The number of hydrogen-bond donors (Lipinski definition) is 0. The van der Waals surface area contributed by atoms with Crippen LogP contribution in [0.1, 0.15) is 18.2 Å². The standard InChI is InChI=1S/C17H14FN3O2/c1-11(18)8-15-17(19-2)13-5-6-16(22)21(14(13)10-23-15)12-4-3-7-20-9-12/h3-9H,2,10H2,1H3/b11-8+. The predicted octanol–water partition coefficient (Wildman–Crippen LogP) is 3.01. The molecule has 0 aliphatic carbocycles. The Morgan fingerprint density at radius 3 is 2.96 bits per heavy atom. The first kappa shape index (κ1) is 14.9. The molecule has 23 heavy (non-hydrogen) atoms. The van der Waals surface area contributed by atoms with E-state index >= 15 is 0 Å². The van der Waals surface area contributed by atoms with Crippen molar-refractivity contribution in [1.29, 1.82) is 0 Å². The maximum atomic E-state index is 13.2. The number of fused-ring (bicyclic) bond motifs is 1. The number of pyridine rings is 2. The van der Waals surface area contributed by atoms with Crippen molar-refractivity contribution in [2.24, 2.45) is 4.99 Å². The first-order valence-electron chi connectivity index (χ1n) is 6.95. The van der Waals surface area contributed by atoms with Gasteiger partial charge >= 0.3 is 0 Å². The highest BCUT2D eigenvalue weighted by atomic mass is 19.1. The number of hydrogen-bond acceptors (Lipinski definition) is 4. The van der Waals surface area contributed by atoms with Crippen LogP contribution in [0.4, 0.5) is 4.39 Å². The summed E-state index contributed by atoms with van der Waals surface area (Å²) >= 11 is 0. The van der Waals surface area contributed by atoms with E-state index in [2.05, 4.69) is 16.7 Å². The van der Waals surface area contributed by atoms with Gasteiger partial charge in [0, 0.05) is 23.9 Å². The third-order valence-corrected chi connectivity index (χ3v) is 3.44. The molecule has 0 N–H and O–H groups in total. The molecular formula is C17H14FN3O2. The van der Waals surface area contributed by atoms with Gasteiger partial charge in [-0.25, -0.2) is 4.39 Å². The van der Waals surface area contributed by atoms with Gasteiger partial charge in [0.05, 0.1) is 17.6 Å². The highest BCUT2D eigenvalue weighted by molar-refractivity contribution is 5.74. The molecule has 0 aromatic carbocycles. The molecule has 0 unspecified atom stereocenters. The van der Waals surface area contributed by atoms with Crippen LogP contribution in [-0.4, -0.2) is 16.3 Å². The molecule has 5 nitrogen and oxygen atoms in total. The molecule has 116 valence electrons. The summed E-state index contributed by atoms with van der Waals surface area (Å²) in [4.78, 5) is 20.3. The SMILES string of the molecule is C=NC1=C(/C=C(\C)F)OCc2c1ccc(=O)n2-c1cccnc1. The van der Waals surface area contributed by atoms with Crippen LogP contribution >= 0.6 is 0 Å². The number of aliphatic imine (C=N–C) groups is 1. The maximum absolute atomic E-state index is 13.2. The molecule has 2 aromatic rings. The van der Waals surface area contributed by atoms with Crippen LogP contribution in [0, 0.1) is 0 Å². The largest absolute Gasteiger partial charge is 0.485 e. The van der Waals surface area contributed by atoms with Gasteiger partial charge in [-0.05, 0) is 31.8 Å². The fourth-order valence-corrected chi connectivity index (χ4v) is 2.51. The van der Waals surface area contributed by atoms with Gasteiger partial charge in [0.15, 0.2) is 0 Å². The highest BCUT2D eigenvalue weighted by Gasteiger charge is 2.23. The van der Waals surface area contributed by atoms with Crippen molar-refractivity contribution < 1.29 is 9.13 Å². The Kier molecular flexibility index (Phi) is 3.89. The smallest absolute Gasteiger partial charge is 0.255 e. The van der Waals surface area contributed by atoms with Crippen molar-refractivity contribution in [3.63, 3.8) is 0 Å². The molecule has 0 radical (unpaired) electrons. The molecule has 1 aliphatic rings. The summed E-state index contributed by atoms with van der Waals surface area (Å²) in [5, 5.41) is 0. The number of allylic oxidation sites excluding steroid dienone is 2. The second kappa shape index (κ2) is 6.00. The third-order valence-electron chi connectivity index (χ3n) is 3.44. The fourth-order valence-electron chi connectivity index (χ4n) is 2.51. The summed E-state index contributed by atoms with van der Waals surface area (Å²) in [6.07, 6.45) is 4.48. The Bertz CT molecular complexity index is 878. The summed E-state index contributed by atoms with van der Waals surface area (Å²) in [5.74, 6) is -0.103. The number of halogens is 1. The molecule has 3 rings (SSSR count). The molecule has 0 saturated heterocycles. The fraction of sp³-hybridized carbons (Fsp3) is 0.118. The molecule has 0 bridgehead atoms. The van der Waals surface area contributed by atoms with Gasteiger partial charge in [0.2, 0.25) is 0 Å². The third kappa shape index (κ3) is 2.70. The predicted molar refractivity (Wildman–Crippen MR) is 86.0 cm³/mol. The zero-order valence-electron chi connectivity index (χ0n) is 12.5. The van der Waals surface area contributed by atoms with Crippen molar-refractivity contribution in [2.45, 2.75) is 13.5 Å². The van der Waals surface area contributed by atoms with Crippen LogP contribution in [0.2, 0.25) is 0 Å². The summed E-state index contributed by atoms with van der Waals surface area (Å²) in [6, 6.07) is 6.61. The Hall–Kier alpha value is -3.02. The molecule has 0 atom stereocenters. The molecule has 0 spiro atoms. The topological polar surface area (TPSA) is 56.5 Å². The lowest BCUT2D eigenvalue weighted by Gasteiger charge is -2.23. The number of nitrogens with zero attached hydrogens (tertiary/aromatic N) is 3. The van der Waals surface area contributed by atoms with Gasteiger partial charge < -0.3 is 4.74 Å². The van der Waals surface area contributed by atoms with Crippen molar-refractivity contribution in [2.75, 3.05) is 0 Å². The second-order valence-electron chi connectivity index (χ2n) is 4.97. The van der Waals surface area contributed by atoms with E-state index in [9.17, 15) is 9.18 Å². The minimum Gasteiger partial charge on any atom is -0.485 e. The highest BCUT2D eigenvalue weighted by Crippen LogP contribution is 2.31. The lowest BCUT2D eigenvalue weighted by Crippen LogP contribution is -2.25. The lowest BCUT2D eigenvalue weighted by atomic mass is 10.1. The van der Waals surface area contributed by atoms with E-state index in [1.54, 1.807) is 30.6 Å². The Morgan fingerprint density at radius 2 is 2.30 bits per heavy atom. The van der Waals surface area contributed by atoms with E-state index in [1.165, 1.54) is 23.6 Å². The molecule has 2 aromatic heterocycles. The number of ether oxygens (including phenoxy) is 1. The second-order valence-corrected chi connectivity index (χ2v) is 4.97. The van der Waals surface area contributed by atoms with Crippen molar-refractivity contribution in [3.05, 3.63) is 75.9 Å². The quantitative estimate of drug-likeness (QED) is 0.819. The van der Waals surface area contributed by atoms with Crippen LogP contribution in [0.3, 0.4) is 0 Å². The molecule has 0 fully saturated rings. The van der Waals surface area contributed by atoms with E-state index in [0.717, 1.165) is 0 Å². The molecule has 0 saturated carbocycles. The van der Waals surface area contributed by atoms with Gasteiger partial charge in [0.25, 0.3) is 5.56 Å². The van der Waals surface area contributed by atoms with Crippen LogP contribution in [0.15, 0.2) is 64.1 Å². The van der Waals surface area contributed by atoms with Crippen LogP contribution in [0.25, 0.3) is 11.4 Å². The normalized spacial score (nSPS) is 14.3. The average molecular weight is 311 g/mol. The molecule has 1 aliphatic heterocycles. The minimum absolute atomic E-state index is 0.123. The monoisotopic (exact) mass is 311 g/mol. The molecular weight excluding hydrogens is 297 g/mol. The zero-order valence-corrected chi connectivity index (χ0v) is 12.5. The van der Waals surface area contributed by atoms with Gasteiger partial charge in [-0.15, -0.1) is 0 Å². The lowest BCUT2D eigenvalue weighted by molar-refractivity contribution is 0.199. The van der Waals surface area contributed by atoms with Gasteiger partial charge in [-0.3, -0.25) is 19.3 Å². The van der Waals surface area contributed by atoms with Crippen LogP contribution < -0.4 is 5.56 Å². The van der Waals surface area contributed by atoms with Crippen LogP contribution in [-0.2, 0) is 11.3 Å². The van der Waals surface area contributed by atoms with Crippen molar-refractivity contribution >= 4 is 12.4 Å². The zero-order chi connectivity index (χ0) is 16.4. The van der Waals surface area contributed by atoms with E-state index in [1.807, 2.05) is 0 Å². The molecule has 0 amide bonds.